The average molecular weight is 359 g/mol. The van der Waals surface area contributed by atoms with Crippen LogP contribution in [0.2, 0.25) is 0 Å². The maximum atomic E-state index is 11.9. The van der Waals surface area contributed by atoms with E-state index >= 15 is 0 Å². The minimum Gasteiger partial charge on any atom is -0.496 e. The number of hydrazone groups is 1. The monoisotopic (exact) mass is 358 g/mol. The largest absolute Gasteiger partial charge is 0.496 e. The molecule has 2 aromatic rings. The van der Waals surface area contributed by atoms with Gasteiger partial charge in [-0.25, -0.2) is 5.43 Å². The van der Waals surface area contributed by atoms with Crippen LogP contribution < -0.4 is 10.2 Å². The van der Waals surface area contributed by atoms with Crippen LogP contribution in [0.3, 0.4) is 0 Å². The van der Waals surface area contributed by atoms with Crippen LogP contribution >= 0.6 is 15.9 Å². The summed E-state index contributed by atoms with van der Waals surface area (Å²) >= 11 is 3.34. The fraction of sp³-hybridized carbons (Fsp3) is 0.0588. The molecule has 0 heterocycles. The molecule has 22 heavy (non-hydrogen) atoms. The van der Waals surface area contributed by atoms with Crippen LogP contribution in [0.5, 0.6) is 5.75 Å². The Labute approximate surface area is 137 Å². The molecule has 0 spiro atoms. The Morgan fingerprint density at radius 1 is 1.23 bits per heavy atom. The van der Waals surface area contributed by atoms with Crippen LogP contribution in [0, 0.1) is 0 Å². The number of methoxy groups -OCH3 is 1. The molecular weight excluding hydrogens is 344 g/mol. The highest BCUT2D eigenvalue weighted by atomic mass is 79.9. The predicted molar refractivity (Wildman–Crippen MR) is 92.1 cm³/mol. The first kappa shape index (κ1) is 16.0. The van der Waals surface area contributed by atoms with E-state index in [1.807, 2.05) is 36.4 Å². The first-order chi connectivity index (χ1) is 10.7. The molecule has 0 aliphatic heterocycles. The highest BCUT2D eigenvalue weighted by molar-refractivity contribution is 9.10. The van der Waals surface area contributed by atoms with Crippen molar-refractivity contribution >= 4 is 34.1 Å². The second-order valence-corrected chi connectivity index (χ2v) is 5.19. The Kier molecular flexibility index (Phi) is 5.91. The van der Waals surface area contributed by atoms with Gasteiger partial charge in [0.25, 0.3) is 5.91 Å². The third-order valence-corrected chi connectivity index (χ3v) is 3.45. The van der Waals surface area contributed by atoms with Crippen molar-refractivity contribution < 1.29 is 9.53 Å². The smallest absolute Gasteiger partial charge is 0.271 e. The van der Waals surface area contributed by atoms with Gasteiger partial charge in [0, 0.05) is 11.8 Å². The predicted octanol–water partition coefficient (Wildman–Crippen LogP) is 3.89. The maximum Gasteiger partial charge on any atom is 0.271 e. The summed E-state index contributed by atoms with van der Waals surface area (Å²) in [6.07, 6.45) is 5.20. The molecule has 0 atom stereocenters. The van der Waals surface area contributed by atoms with Crippen LogP contribution in [0.25, 0.3) is 6.08 Å². The van der Waals surface area contributed by atoms with Crippen LogP contribution in [0.1, 0.15) is 15.9 Å². The summed E-state index contributed by atoms with van der Waals surface area (Å²) in [6, 6.07) is 14.9. The normalized spacial score (nSPS) is 11.0. The van der Waals surface area contributed by atoms with Gasteiger partial charge in [-0.05, 0) is 45.8 Å². The number of hydrogen-bond donors (Lipinski definition) is 1. The number of rotatable bonds is 5. The van der Waals surface area contributed by atoms with E-state index in [-0.39, 0.29) is 5.91 Å². The molecule has 0 saturated heterocycles. The quantitative estimate of drug-likeness (QED) is 0.651. The molecular formula is C17H15BrN2O2. The lowest BCUT2D eigenvalue weighted by Gasteiger charge is -2.04. The Bertz CT molecular complexity index is 697. The fourth-order valence-corrected chi connectivity index (χ4v) is 2.27. The molecule has 0 unspecified atom stereocenters. The van der Waals surface area contributed by atoms with Gasteiger partial charge in [-0.1, -0.05) is 36.4 Å². The third-order valence-electron chi connectivity index (χ3n) is 2.83. The summed E-state index contributed by atoms with van der Waals surface area (Å²) < 4.78 is 5.84. The lowest BCUT2D eigenvalue weighted by atomic mass is 10.2. The number of carbonyl (C=O) groups excluding carboxylic acids is 1. The zero-order chi connectivity index (χ0) is 15.8. The summed E-state index contributed by atoms with van der Waals surface area (Å²) in [5.41, 5.74) is 4.03. The van der Waals surface area contributed by atoms with E-state index < -0.39 is 0 Å². The number of ether oxygens (including phenoxy) is 1. The van der Waals surface area contributed by atoms with Crippen LogP contribution in [0.15, 0.2) is 64.2 Å². The van der Waals surface area contributed by atoms with Gasteiger partial charge >= 0.3 is 0 Å². The summed E-state index contributed by atoms with van der Waals surface area (Å²) in [6.45, 7) is 0. The van der Waals surface area contributed by atoms with E-state index in [1.54, 1.807) is 31.4 Å². The first-order valence-electron chi connectivity index (χ1n) is 6.59. The molecule has 0 aromatic heterocycles. The SMILES string of the molecule is COc1ccc(C(=O)N/N=C/C=C/c2ccccc2)cc1Br. The maximum absolute atomic E-state index is 11.9. The Morgan fingerprint density at radius 3 is 2.68 bits per heavy atom. The van der Waals surface area contributed by atoms with Crippen molar-refractivity contribution in [3.05, 3.63) is 70.2 Å². The van der Waals surface area contributed by atoms with Gasteiger partial charge in [-0.15, -0.1) is 0 Å². The highest BCUT2D eigenvalue weighted by Crippen LogP contribution is 2.25. The van der Waals surface area contributed by atoms with Crippen LogP contribution in [-0.4, -0.2) is 19.2 Å². The first-order valence-corrected chi connectivity index (χ1v) is 7.38. The van der Waals surface area contributed by atoms with Crippen molar-refractivity contribution in [2.45, 2.75) is 0 Å². The van der Waals surface area contributed by atoms with E-state index in [0.717, 1.165) is 10.0 Å². The van der Waals surface area contributed by atoms with E-state index in [0.29, 0.717) is 11.3 Å². The lowest BCUT2D eigenvalue weighted by molar-refractivity contribution is 0.0955. The molecule has 4 nitrogen and oxygen atoms in total. The van der Waals surface area contributed by atoms with Crippen LogP contribution in [0.4, 0.5) is 0 Å². The van der Waals surface area contributed by atoms with Gasteiger partial charge in [0.15, 0.2) is 0 Å². The zero-order valence-electron chi connectivity index (χ0n) is 12.0. The van der Waals surface area contributed by atoms with Gasteiger partial charge in [-0.2, -0.15) is 5.10 Å². The van der Waals surface area contributed by atoms with E-state index in [1.165, 1.54) is 6.21 Å². The minimum absolute atomic E-state index is 0.285. The molecule has 0 aliphatic rings. The average Bonchev–Trinajstić information content (AvgIpc) is 2.55. The molecule has 2 rings (SSSR count). The number of halogens is 1. The molecule has 0 radical (unpaired) electrons. The molecule has 5 heteroatoms. The van der Waals surface area contributed by atoms with E-state index in [2.05, 4.69) is 26.5 Å². The van der Waals surface area contributed by atoms with Gasteiger partial charge in [-0.3, -0.25) is 4.79 Å². The summed E-state index contributed by atoms with van der Waals surface area (Å²) in [5, 5.41) is 3.88. The zero-order valence-corrected chi connectivity index (χ0v) is 13.6. The van der Waals surface area contributed by atoms with Gasteiger partial charge in [0.2, 0.25) is 0 Å². The van der Waals surface area contributed by atoms with Gasteiger partial charge in [0.1, 0.15) is 5.75 Å². The topological polar surface area (TPSA) is 50.7 Å². The van der Waals surface area contributed by atoms with Crippen molar-refractivity contribution in [2.24, 2.45) is 5.10 Å². The van der Waals surface area contributed by atoms with Gasteiger partial charge in [0.05, 0.1) is 11.6 Å². The number of carbonyl (C=O) groups is 1. The van der Waals surface area contributed by atoms with Gasteiger partial charge < -0.3 is 4.74 Å². The van der Waals surface area contributed by atoms with Crippen molar-refractivity contribution in [3.8, 4) is 5.75 Å². The minimum atomic E-state index is -0.285. The number of benzene rings is 2. The standard InChI is InChI=1S/C17H15BrN2O2/c1-22-16-10-9-14(12-15(16)18)17(21)20-19-11-5-8-13-6-3-2-4-7-13/h2-12H,1H3,(H,20,21)/b8-5+,19-11+. The number of allylic oxidation sites excluding steroid dienone is 1. The van der Waals surface area contributed by atoms with Crippen molar-refractivity contribution in [2.75, 3.05) is 7.11 Å². The summed E-state index contributed by atoms with van der Waals surface area (Å²) in [5.74, 6) is 0.388. The molecule has 0 aliphatic carbocycles. The Hall–Kier alpha value is -2.40. The molecule has 112 valence electrons. The highest BCUT2D eigenvalue weighted by Gasteiger charge is 2.07. The molecule has 0 saturated carbocycles. The second-order valence-electron chi connectivity index (χ2n) is 4.34. The number of nitrogens with one attached hydrogen (secondary N) is 1. The lowest BCUT2D eigenvalue weighted by Crippen LogP contribution is -2.17. The van der Waals surface area contributed by atoms with E-state index in [9.17, 15) is 4.79 Å². The van der Waals surface area contributed by atoms with Crippen LogP contribution in [-0.2, 0) is 0 Å². The summed E-state index contributed by atoms with van der Waals surface area (Å²) in [4.78, 5) is 11.9. The third kappa shape index (κ3) is 4.56. The van der Waals surface area contributed by atoms with Crippen molar-refractivity contribution in [1.82, 2.24) is 5.43 Å². The van der Waals surface area contributed by atoms with E-state index in [4.69, 9.17) is 4.74 Å². The van der Waals surface area contributed by atoms with Crippen molar-refractivity contribution in [3.63, 3.8) is 0 Å². The van der Waals surface area contributed by atoms with Crippen molar-refractivity contribution in [1.29, 1.82) is 0 Å². The molecule has 0 bridgehead atoms. The molecule has 1 amide bonds. The fourth-order valence-electron chi connectivity index (χ4n) is 1.73. The number of hydrogen-bond acceptors (Lipinski definition) is 3. The molecule has 2 aromatic carbocycles. The summed E-state index contributed by atoms with van der Waals surface area (Å²) in [7, 11) is 1.57. The molecule has 0 fully saturated rings. The number of nitrogens with zero attached hydrogens (tertiary/aromatic N) is 1. The second kappa shape index (κ2) is 8.14. The Balaban J connectivity index is 1.91. The number of amides is 1. The molecule has 1 N–H and O–H groups in total. The Morgan fingerprint density at radius 2 is 2.00 bits per heavy atom.